The molecule has 0 fully saturated rings. The average molecular weight is 202 g/mol. The number of Topliss-reactive ketones (excluding diaryl/α,β-unsaturated/α-hetero) is 1. The summed E-state index contributed by atoms with van der Waals surface area (Å²) < 4.78 is 0. The summed E-state index contributed by atoms with van der Waals surface area (Å²) in [5.74, 6) is 0.490. The second-order valence-corrected chi connectivity index (χ2v) is 4.44. The summed E-state index contributed by atoms with van der Waals surface area (Å²) in [5, 5.41) is 0. The Balaban J connectivity index is 2.43. The molecule has 1 aromatic carbocycles. The Morgan fingerprint density at radius 3 is 2.93 bits per heavy atom. The molecule has 1 unspecified atom stereocenters. The smallest absolute Gasteiger partial charge is 0.137 e. The van der Waals surface area contributed by atoms with E-state index in [0.29, 0.717) is 5.78 Å². The van der Waals surface area contributed by atoms with E-state index >= 15 is 0 Å². The molecule has 1 atom stereocenters. The zero-order valence-corrected chi connectivity index (χ0v) is 9.55. The number of fused-ring (bicyclic) bond motifs is 1. The van der Waals surface area contributed by atoms with Crippen molar-refractivity contribution in [3.8, 4) is 0 Å². The third-order valence-corrected chi connectivity index (χ3v) is 3.42. The summed E-state index contributed by atoms with van der Waals surface area (Å²) in [4.78, 5) is 11.6. The number of ketones is 1. The maximum atomic E-state index is 11.6. The molecule has 0 saturated carbocycles. The molecule has 2 rings (SSSR count). The first-order valence-corrected chi connectivity index (χ1v) is 5.84. The van der Waals surface area contributed by atoms with E-state index in [1.54, 1.807) is 6.92 Å². The minimum atomic E-state index is 0.167. The van der Waals surface area contributed by atoms with Crippen molar-refractivity contribution in [2.24, 2.45) is 0 Å². The lowest BCUT2D eigenvalue weighted by Crippen LogP contribution is -2.16. The maximum absolute atomic E-state index is 11.6. The van der Waals surface area contributed by atoms with Gasteiger partial charge >= 0.3 is 0 Å². The summed E-state index contributed by atoms with van der Waals surface area (Å²) in [6, 6.07) is 6.64. The molecule has 0 N–H and O–H groups in total. The van der Waals surface area contributed by atoms with Gasteiger partial charge in [-0.25, -0.2) is 0 Å². The number of hydrogen-bond donors (Lipinski definition) is 0. The van der Waals surface area contributed by atoms with Crippen molar-refractivity contribution >= 4 is 5.78 Å². The molecule has 0 aromatic heterocycles. The van der Waals surface area contributed by atoms with E-state index < -0.39 is 0 Å². The zero-order valence-electron chi connectivity index (χ0n) is 9.55. The molecule has 1 aliphatic carbocycles. The molecular formula is C14H18O. The molecule has 0 heterocycles. The van der Waals surface area contributed by atoms with Gasteiger partial charge in [0, 0.05) is 5.92 Å². The molecule has 0 saturated heterocycles. The van der Waals surface area contributed by atoms with E-state index in [4.69, 9.17) is 0 Å². The summed E-state index contributed by atoms with van der Waals surface area (Å²) in [7, 11) is 0. The van der Waals surface area contributed by atoms with Gasteiger partial charge in [-0.05, 0) is 49.3 Å². The fourth-order valence-corrected chi connectivity index (χ4v) is 2.49. The van der Waals surface area contributed by atoms with Crippen LogP contribution in [0.2, 0.25) is 0 Å². The Kier molecular flexibility index (Phi) is 2.90. The SMILES string of the molecule is CCc1ccc2c(c1)C(C(C)=O)CCC2. The highest BCUT2D eigenvalue weighted by Gasteiger charge is 2.23. The Bertz CT molecular complexity index is 379. The lowest BCUT2D eigenvalue weighted by molar-refractivity contribution is -0.118. The third-order valence-electron chi connectivity index (χ3n) is 3.42. The topological polar surface area (TPSA) is 17.1 Å². The monoisotopic (exact) mass is 202 g/mol. The predicted molar refractivity (Wildman–Crippen MR) is 62.2 cm³/mol. The van der Waals surface area contributed by atoms with E-state index in [2.05, 4.69) is 25.1 Å². The minimum Gasteiger partial charge on any atom is -0.299 e. The molecule has 0 radical (unpaired) electrons. The Morgan fingerprint density at radius 1 is 1.47 bits per heavy atom. The van der Waals surface area contributed by atoms with Crippen LogP contribution in [0.5, 0.6) is 0 Å². The number of carbonyl (C=O) groups excluding carboxylic acids is 1. The zero-order chi connectivity index (χ0) is 10.8. The van der Waals surface area contributed by atoms with Crippen molar-refractivity contribution in [3.63, 3.8) is 0 Å². The first-order chi connectivity index (χ1) is 7.22. The highest BCUT2D eigenvalue weighted by molar-refractivity contribution is 5.84. The Labute approximate surface area is 91.5 Å². The van der Waals surface area contributed by atoms with Crippen molar-refractivity contribution in [2.75, 3.05) is 0 Å². The van der Waals surface area contributed by atoms with Gasteiger partial charge in [-0.2, -0.15) is 0 Å². The molecule has 15 heavy (non-hydrogen) atoms. The fourth-order valence-electron chi connectivity index (χ4n) is 2.49. The van der Waals surface area contributed by atoms with Crippen LogP contribution in [-0.4, -0.2) is 5.78 Å². The van der Waals surface area contributed by atoms with E-state index in [9.17, 15) is 4.79 Å². The van der Waals surface area contributed by atoms with Crippen LogP contribution in [0.4, 0.5) is 0 Å². The van der Waals surface area contributed by atoms with Gasteiger partial charge in [0.1, 0.15) is 5.78 Å². The van der Waals surface area contributed by atoms with Gasteiger partial charge < -0.3 is 0 Å². The molecule has 0 aliphatic heterocycles. The maximum Gasteiger partial charge on any atom is 0.137 e. The van der Waals surface area contributed by atoms with Gasteiger partial charge in [0.25, 0.3) is 0 Å². The molecule has 1 aliphatic rings. The van der Waals surface area contributed by atoms with Gasteiger partial charge in [-0.3, -0.25) is 4.79 Å². The normalized spacial score (nSPS) is 19.7. The first-order valence-electron chi connectivity index (χ1n) is 5.84. The number of benzene rings is 1. The van der Waals surface area contributed by atoms with Gasteiger partial charge in [0.15, 0.2) is 0 Å². The van der Waals surface area contributed by atoms with Crippen LogP contribution in [0.25, 0.3) is 0 Å². The van der Waals surface area contributed by atoms with E-state index in [1.807, 2.05) is 0 Å². The summed E-state index contributed by atoms with van der Waals surface area (Å²) in [6.45, 7) is 3.88. The molecule has 0 amide bonds. The standard InChI is InChI=1S/C14H18O/c1-3-11-7-8-12-5-4-6-13(10(2)15)14(12)9-11/h7-9,13H,3-6H2,1-2H3. The number of hydrogen-bond acceptors (Lipinski definition) is 1. The van der Waals surface area contributed by atoms with Crippen molar-refractivity contribution < 1.29 is 4.79 Å². The van der Waals surface area contributed by atoms with Crippen LogP contribution >= 0.6 is 0 Å². The highest BCUT2D eigenvalue weighted by atomic mass is 16.1. The fraction of sp³-hybridized carbons (Fsp3) is 0.500. The lowest BCUT2D eigenvalue weighted by atomic mass is 9.80. The summed E-state index contributed by atoms with van der Waals surface area (Å²) >= 11 is 0. The third kappa shape index (κ3) is 1.97. The molecule has 0 bridgehead atoms. The highest BCUT2D eigenvalue weighted by Crippen LogP contribution is 2.32. The predicted octanol–water partition coefficient (Wildman–Crippen LogP) is 3.26. The van der Waals surface area contributed by atoms with E-state index in [1.165, 1.54) is 16.7 Å². The minimum absolute atomic E-state index is 0.167. The molecule has 1 nitrogen and oxygen atoms in total. The van der Waals surface area contributed by atoms with E-state index in [-0.39, 0.29) is 5.92 Å². The van der Waals surface area contributed by atoms with Crippen molar-refractivity contribution in [1.82, 2.24) is 0 Å². The molecular weight excluding hydrogens is 184 g/mol. The van der Waals surface area contributed by atoms with Gasteiger partial charge in [0.2, 0.25) is 0 Å². The van der Waals surface area contributed by atoms with Crippen molar-refractivity contribution in [3.05, 3.63) is 34.9 Å². The second kappa shape index (κ2) is 4.18. The average Bonchev–Trinajstić information content (AvgIpc) is 2.27. The summed E-state index contributed by atoms with van der Waals surface area (Å²) in [5.41, 5.74) is 4.04. The van der Waals surface area contributed by atoms with Crippen LogP contribution < -0.4 is 0 Å². The van der Waals surface area contributed by atoms with Crippen LogP contribution in [-0.2, 0) is 17.6 Å². The number of rotatable bonds is 2. The largest absolute Gasteiger partial charge is 0.299 e. The van der Waals surface area contributed by atoms with Crippen molar-refractivity contribution in [1.29, 1.82) is 0 Å². The van der Waals surface area contributed by atoms with Gasteiger partial charge in [-0.15, -0.1) is 0 Å². The van der Waals surface area contributed by atoms with Crippen LogP contribution in [0.15, 0.2) is 18.2 Å². The van der Waals surface area contributed by atoms with Gasteiger partial charge in [0.05, 0.1) is 0 Å². The Morgan fingerprint density at radius 2 is 2.27 bits per heavy atom. The number of aryl methyl sites for hydroxylation is 2. The Hall–Kier alpha value is -1.11. The van der Waals surface area contributed by atoms with Crippen LogP contribution in [0.3, 0.4) is 0 Å². The number of carbonyl (C=O) groups is 1. The summed E-state index contributed by atoms with van der Waals surface area (Å²) in [6.07, 6.45) is 4.39. The lowest BCUT2D eigenvalue weighted by Gasteiger charge is -2.24. The molecule has 1 aromatic rings. The molecule has 0 spiro atoms. The van der Waals surface area contributed by atoms with Crippen LogP contribution in [0.1, 0.15) is 49.3 Å². The quantitative estimate of drug-likeness (QED) is 0.719. The molecule has 80 valence electrons. The molecule has 1 heteroatoms. The van der Waals surface area contributed by atoms with Gasteiger partial charge in [-0.1, -0.05) is 25.1 Å². The first kappa shape index (κ1) is 10.4. The second-order valence-electron chi connectivity index (χ2n) is 4.44. The van der Waals surface area contributed by atoms with Crippen molar-refractivity contribution in [2.45, 2.75) is 45.4 Å². The van der Waals surface area contributed by atoms with Crippen LogP contribution in [0, 0.1) is 0 Å². The van der Waals surface area contributed by atoms with E-state index in [0.717, 1.165) is 25.7 Å².